The summed E-state index contributed by atoms with van der Waals surface area (Å²) in [4.78, 5) is 28.3. The molecule has 1 aromatic carbocycles. The molecule has 176 valence electrons. The molecule has 1 N–H and O–H groups in total. The predicted molar refractivity (Wildman–Crippen MR) is 128 cm³/mol. The minimum atomic E-state index is -0.219. The van der Waals surface area contributed by atoms with Crippen molar-refractivity contribution >= 4 is 23.2 Å². The second kappa shape index (κ2) is 9.93. The minimum Gasteiger partial charge on any atom is -0.368 e. The first-order chi connectivity index (χ1) is 16.1. The number of piperidine rings is 1. The quantitative estimate of drug-likeness (QED) is 0.693. The average molecular weight is 453 g/mol. The van der Waals surface area contributed by atoms with Gasteiger partial charge in [-0.05, 0) is 62.3 Å². The maximum absolute atomic E-state index is 13.2. The number of anilines is 3. The van der Waals surface area contributed by atoms with E-state index < -0.39 is 0 Å². The minimum absolute atomic E-state index is 0.219. The first-order valence-corrected chi connectivity index (χ1v) is 12.3. The number of nitrogens with zero attached hydrogens (tertiary/aromatic N) is 5. The molecule has 1 aromatic heterocycles. The van der Waals surface area contributed by atoms with E-state index in [1.807, 2.05) is 17.0 Å². The van der Waals surface area contributed by atoms with E-state index in [-0.39, 0.29) is 11.7 Å². The number of hydrogen-bond donors (Lipinski definition) is 1. The molecular formula is C25H33FN6O. The van der Waals surface area contributed by atoms with E-state index in [0.717, 1.165) is 69.4 Å². The molecule has 8 heteroatoms. The molecule has 1 atom stereocenters. The van der Waals surface area contributed by atoms with Crippen molar-refractivity contribution in [1.82, 2.24) is 14.9 Å². The van der Waals surface area contributed by atoms with Crippen LogP contribution in [-0.2, 0) is 4.79 Å². The van der Waals surface area contributed by atoms with Crippen LogP contribution in [-0.4, -0.2) is 66.1 Å². The van der Waals surface area contributed by atoms with Gasteiger partial charge in [-0.25, -0.2) is 14.4 Å². The van der Waals surface area contributed by atoms with Gasteiger partial charge in [0.1, 0.15) is 23.8 Å². The van der Waals surface area contributed by atoms with Crippen molar-refractivity contribution in [2.45, 2.75) is 44.6 Å². The number of rotatable bonds is 7. The van der Waals surface area contributed by atoms with Gasteiger partial charge < -0.3 is 20.0 Å². The van der Waals surface area contributed by atoms with Gasteiger partial charge in [0, 0.05) is 63.5 Å². The SMILES string of the molecule is O=C(CC[C@H]1CCCN(c2cc(NC3CC3)ncn2)C1)N1CCN(c2ccc(F)cc2)CC1. The lowest BCUT2D eigenvalue weighted by molar-refractivity contribution is -0.131. The number of carbonyl (C=O) groups is 1. The number of hydrogen-bond acceptors (Lipinski definition) is 6. The van der Waals surface area contributed by atoms with Crippen molar-refractivity contribution in [2.75, 3.05) is 54.4 Å². The number of piperazine rings is 1. The van der Waals surface area contributed by atoms with Crippen LogP contribution < -0.4 is 15.1 Å². The molecule has 7 nitrogen and oxygen atoms in total. The summed E-state index contributed by atoms with van der Waals surface area (Å²) < 4.78 is 13.2. The topological polar surface area (TPSA) is 64.6 Å². The molecule has 2 saturated heterocycles. The number of benzene rings is 1. The Labute approximate surface area is 195 Å². The third-order valence-corrected chi connectivity index (χ3v) is 7.02. The van der Waals surface area contributed by atoms with Crippen LogP contribution in [0.15, 0.2) is 36.7 Å². The normalized spacial score (nSPS) is 21.2. The highest BCUT2D eigenvalue weighted by Crippen LogP contribution is 2.28. The zero-order chi connectivity index (χ0) is 22.6. The zero-order valence-electron chi connectivity index (χ0n) is 19.1. The van der Waals surface area contributed by atoms with Gasteiger partial charge in [0.05, 0.1) is 0 Å². The summed E-state index contributed by atoms with van der Waals surface area (Å²) in [6.45, 7) is 5.00. The van der Waals surface area contributed by atoms with Crippen molar-refractivity contribution in [1.29, 1.82) is 0 Å². The summed E-state index contributed by atoms with van der Waals surface area (Å²) in [5.74, 6) is 2.45. The number of amides is 1. The van der Waals surface area contributed by atoms with Gasteiger partial charge in [0.15, 0.2) is 0 Å². The van der Waals surface area contributed by atoms with E-state index in [4.69, 9.17) is 0 Å². The molecular weight excluding hydrogens is 419 g/mol. The van der Waals surface area contributed by atoms with Gasteiger partial charge in [0.2, 0.25) is 5.91 Å². The maximum atomic E-state index is 13.2. The van der Waals surface area contributed by atoms with Crippen LogP contribution in [0.25, 0.3) is 0 Å². The second-order valence-corrected chi connectivity index (χ2v) is 9.52. The summed E-state index contributed by atoms with van der Waals surface area (Å²) in [7, 11) is 0. The van der Waals surface area contributed by atoms with Crippen molar-refractivity contribution < 1.29 is 9.18 Å². The number of carbonyl (C=O) groups excluding carboxylic acids is 1. The first-order valence-electron chi connectivity index (χ1n) is 12.3. The molecule has 1 saturated carbocycles. The molecule has 3 heterocycles. The van der Waals surface area contributed by atoms with Gasteiger partial charge in [-0.3, -0.25) is 4.79 Å². The second-order valence-electron chi connectivity index (χ2n) is 9.52. The Morgan fingerprint density at radius 1 is 1.00 bits per heavy atom. The molecule has 1 aliphatic carbocycles. The van der Waals surface area contributed by atoms with Crippen LogP contribution in [0.5, 0.6) is 0 Å². The van der Waals surface area contributed by atoms with Crippen LogP contribution >= 0.6 is 0 Å². The number of halogens is 1. The lowest BCUT2D eigenvalue weighted by Crippen LogP contribution is -2.49. The smallest absolute Gasteiger partial charge is 0.222 e. The molecule has 1 amide bonds. The largest absolute Gasteiger partial charge is 0.368 e. The summed E-state index contributed by atoms with van der Waals surface area (Å²) >= 11 is 0. The highest BCUT2D eigenvalue weighted by molar-refractivity contribution is 5.76. The van der Waals surface area contributed by atoms with Gasteiger partial charge in [-0.2, -0.15) is 0 Å². The van der Waals surface area contributed by atoms with Crippen molar-refractivity contribution in [3.05, 3.63) is 42.5 Å². The highest BCUT2D eigenvalue weighted by Gasteiger charge is 2.26. The maximum Gasteiger partial charge on any atom is 0.222 e. The molecule has 3 fully saturated rings. The number of nitrogens with one attached hydrogen (secondary N) is 1. The third-order valence-electron chi connectivity index (χ3n) is 7.02. The lowest BCUT2D eigenvalue weighted by Gasteiger charge is -2.37. The first kappa shape index (κ1) is 21.9. The summed E-state index contributed by atoms with van der Waals surface area (Å²) in [6, 6.07) is 9.24. The Kier molecular flexibility index (Phi) is 6.60. The van der Waals surface area contributed by atoms with Crippen LogP contribution in [0, 0.1) is 11.7 Å². The molecule has 2 aliphatic heterocycles. The van der Waals surface area contributed by atoms with Crippen LogP contribution in [0.3, 0.4) is 0 Å². The van der Waals surface area contributed by atoms with Crippen LogP contribution in [0.4, 0.5) is 21.7 Å². The third kappa shape index (κ3) is 5.72. The Morgan fingerprint density at radius 2 is 1.79 bits per heavy atom. The Bertz CT molecular complexity index is 942. The molecule has 2 aromatic rings. The molecule has 5 rings (SSSR count). The number of aromatic nitrogens is 2. The Balaban J connectivity index is 1.08. The van der Waals surface area contributed by atoms with Gasteiger partial charge >= 0.3 is 0 Å². The molecule has 0 unspecified atom stereocenters. The summed E-state index contributed by atoms with van der Waals surface area (Å²) in [5, 5.41) is 3.45. The fourth-order valence-corrected chi connectivity index (χ4v) is 4.90. The predicted octanol–water partition coefficient (Wildman–Crippen LogP) is 3.54. The van der Waals surface area contributed by atoms with Gasteiger partial charge in [0.25, 0.3) is 0 Å². The van der Waals surface area contributed by atoms with E-state index in [2.05, 4.69) is 31.2 Å². The molecule has 0 bridgehead atoms. The van der Waals surface area contributed by atoms with E-state index in [1.165, 1.54) is 31.4 Å². The van der Waals surface area contributed by atoms with Crippen LogP contribution in [0.1, 0.15) is 38.5 Å². The van der Waals surface area contributed by atoms with Crippen LogP contribution in [0.2, 0.25) is 0 Å². The highest BCUT2D eigenvalue weighted by atomic mass is 19.1. The molecule has 33 heavy (non-hydrogen) atoms. The Morgan fingerprint density at radius 3 is 2.55 bits per heavy atom. The molecule has 0 radical (unpaired) electrons. The zero-order valence-corrected chi connectivity index (χ0v) is 19.1. The van der Waals surface area contributed by atoms with E-state index in [1.54, 1.807) is 6.33 Å². The van der Waals surface area contributed by atoms with Gasteiger partial charge in [-0.1, -0.05) is 0 Å². The van der Waals surface area contributed by atoms with E-state index in [9.17, 15) is 9.18 Å². The monoisotopic (exact) mass is 452 g/mol. The van der Waals surface area contributed by atoms with Crippen molar-refractivity contribution in [2.24, 2.45) is 5.92 Å². The summed E-state index contributed by atoms with van der Waals surface area (Å²) in [5.41, 5.74) is 1.02. The molecule has 0 spiro atoms. The van der Waals surface area contributed by atoms with Crippen molar-refractivity contribution in [3.63, 3.8) is 0 Å². The van der Waals surface area contributed by atoms with E-state index in [0.29, 0.717) is 18.4 Å². The molecule has 3 aliphatic rings. The standard InChI is InChI=1S/C25H33FN6O/c26-20-4-8-22(9-5-20)30-12-14-31(15-13-30)25(33)10-3-19-2-1-11-32(17-19)24-16-23(27-18-28-24)29-21-6-7-21/h4-5,8-9,16,18-19,21H,1-3,6-7,10-15,17H2,(H,27,28,29)/t19-/m1/s1. The van der Waals surface area contributed by atoms with Crippen molar-refractivity contribution in [3.8, 4) is 0 Å². The average Bonchev–Trinajstić information content (AvgIpc) is 3.67. The van der Waals surface area contributed by atoms with Gasteiger partial charge in [-0.15, -0.1) is 0 Å². The summed E-state index contributed by atoms with van der Waals surface area (Å²) in [6.07, 6.45) is 7.92. The Hall–Kier alpha value is -2.90. The fraction of sp³-hybridized carbons (Fsp3) is 0.560. The lowest BCUT2D eigenvalue weighted by atomic mass is 9.93. The van der Waals surface area contributed by atoms with E-state index >= 15 is 0 Å². The fourth-order valence-electron chi connectivity index (χ4n) is 4.90.